The molecule has 4 aliphatic rings. The van der Waals surface area contributed by atoms with Gasteiger partial charge in [0.05, 0.1) is 18.7 Å². The molecule has 0 amide bonds. The summed E-state index contributed by atoms with van der Waals surface area (Å²) in [6.45, 7) is -0.378. The number of esters is 1. The van der Waals surface area contributed by atoms with Crippen molar-refractivity contribution < 1.29 is 35.9 Å². The highest BCUT2D eigenvalue weighted by molar-refractivity contribution is 5.90. The molecule has 4 nitrogen and oxygen atoms in total. The Morgan fingerprint density at radius 3 is 2.23 bits per heavy atom. The smallest absolute Gasteiger partial charge is 0.420 e. The van der Waals surface area contributed by atoms with Crippen molar-refractivity contribution >= 4 is 5.97 Å². The zero-order valence-corrected chi connectivity index (χ0v) is 13.7. The number of nitrogens with zero attached hydrogens (tertiary/aromatic N) is 2. The molecule has 1 aromatic heterocycles. The van der Waals surface area contributed by atoms with Crippen molar-refractivity contribution in [2.24, 2.45) is 17.8 Å². The Kier molecular flexibility index (Phi) is 3.51. The molecule has 4 fully saturated rings. The maximum absolute atomic E-state index is 13.7. The summed E-state index contributed by atoms with van der Waals surface area (Å²) in [5, 5.41) is 4.00. The van der Waals surface area contributed by atoms with E-state index in [1.165, 1.54) is 0 Å². The van der Waals surface area contributed by atoms with Crippen LogP contribution < -0.4 is 0 Å². The number of hydrogen-bond acceptors (Lipinski definition) is 3. The molecule has 26 heavy (non-hydrogen) atoms. The van der Waals surface area contributed by atoms with Crippen molar-refractivity contribution in [2.75, 3.05) is 7.11 Å². The molecule has 5 rings (SSSR count). The van der Waals surface area contributed by atoms with Gasteiger partial charge in [0.15, 0.2) is 5.69 Å². The van der Waals surface area contributed by atoms with E-state index in [4.69, 9.17) is 0 Å². The second-order valence-corrected chi connectivity index (χ2v) is 7.65. The minimum Gasteiger partial charge on any atom is -0.464 e. The SMILES string of the molecule is COC(=O)c1c(C(F)(F)F)c(C23CC(C2)C3)nn1CC1C[C@@H]1C(F)(F)F. The molecule has 1 heterocycles. The number of rotatable bonds is 4. The van der Waals surface area contributed by atoms with Crippen molar-refractivity contribution in [2.45, 2.75) is 50.0 Å². The molecule has 2 bridgehead atoms. The van der Waals surface area contributed by atoms with Crippen LogP contribution in [-0.4, -0.2) is 29.0 Å². The number of methoxy groups -OCH3 is 1. The molecule has 1 aromatic rings. The molecule has 0 saturated heterocycles. The first kappa shape index (κ1) is 17.7. The standard InChI is InChI=1S/C16H16F6N2O2/c1-26-13(25)11-10(16(20,21)22)12(14-3-7(4-14)5-14)23-24(11)6-8-2-9(8)15(17,18)19/h7-9H,2-6H2,1H3/t7?,8?,9-,14?/m0/s1. The largest absolute Gasteiger partial charge is 0.464 e. The van der Waals surface area contributed by atoms with E-state index in [1.54, 1.807) is 0 Å². The highest BCUT2D eigenvalue weighted by atomic mass is 19.4. The van der Waals surface area contributed by atoms with E-state index in [-0.39, 0.29) is 18.7 Å². The molecular weight excluding hydrogens is 366 g/mol. The van der Waals surface area contributed by atoms with Gasteiger partial charge < -0.3 is 4.74 Å². The molecule has 0 aromatic carbocycles. The maximum atomic E-state index is 13.7. The zero-order valence-electron chi connectivity index (χ0n) is 13.7. The van der Waals surface area contributed by atoms with E-state index in [9.17, 15) is 31.1 Å². The van der Waals surface area contributed by atoms with Crippen LogP contribution in [0.2, 0.25) is 0 Å². The van der Waals surface area contributed by atoms with Crippen molar-refractivity contribution in [1.82, 2.24) is 9.78 Å². The van der Waals surface area contributed by atoms with E-state index in [2.05, 4.69) is 9.84 Å². The molecule has 4 aliphatic carbocycles. The van der Waals surface area contributed by atoms with E-state index < -0.39 is 46.8 Å². The third kappa shape index (κ3) is 2.51. The molecule has 0 radical (unpaired) electrons. The number of carbonyl (C=O) groups excluding carboxylic acids is 1. The number of aromatic nitrogens is 2. The quantitative estimate of drug-likeness (QED) is 0.585. The van der Waals surface area contributed by atoms with Crippen molar-refractivity contribution in [1.29, 1.82) is 0 Å². The van der Waals surface area contributed by atoms with Gasteiger partial charge in [-0.15, -0.1) is 0 Å². The topological polar surface area (TPSA) is 44.1 Å². The highest BCUT2D eigenvalue weighted by Gasteiger charge is 2.63. The average molecular weight is 382 g/mol. The van der Waals surface area contributed by atoms with Gasteiger partial charge in [-0.05, 0) is 37.5 Å². The van der Waals surface area contributed by atoms with Gasteiger partial charge in [0.1, 0.15) is 5.56 Å². The number of carbonyl (C=O) groups is 1. The van der Waals surface area contributed by atoms with Crippen LogP contribution in [0.1, 0.15) is 47.4 Å². The Hall–Kier alpha value is -1.74. The van der Waals surface area contributed by atoms with Gasteiger partial charge in [-0.1, -0.05) is 0 Å². The van der Waals surface area contributed by atoms with E-state index in [0.29, 0.717) is 25.2 Å². The van der Waals surface area contributed by atoms with Gasteiger partial charge >= 0.3 is 18.3 Å². The summed E-state index contributed by atoms with van der Waals surface area (Å²) in [7, 11) is 0.941. The monoisotopic (exact) mass is 382 g/mol. The Morgan fingerprint density at radius 1 is 1.23 bits per heavy atom. The van der Waals surface area contributed by atoms with E-state index in [1.807, 2.05) is 0 Å². The third-order valence-corrected chi connectivity index (χ3v) is 5.91. The lowest BCUT2D eigenvalue weighted by molar-refractivity contribution is -0.151. The highest BCUT2D eigenvalue weighted by Crippen LogP contribution is 2.66. The van der Waals surface area contributed by atoms with Crippen LogP contribution in [0.4, 0.5) is 26.3 Å². The van der Waals surface area contributed by atoms with Gasteiger partial charge in [-0.2, -0.15) is 31.4 Å². The Balaban J connectivity index is 1.75. The fourth-order valence-corrected chi connectivity index (χ4v) is 4.38. The fraction of sp³-hybridized carbons (Fsp3) is 0.750. The minimum atomic E-state index is -4.83. The van der Waals surface area contributed by atoms with Crippen LogP contribution in [0.3, 0.4) is 0 Å². The number of alkyl halides is 6. The van der Waals surface area contributed by atoms with Gasteiger partial charge in [0, 0.05) is 12.0 Å². The summed E-state index contributed by atoms with van der Waals surface area (Å²) >= 11 is 0. The second kappa shape index (κ2) is 5.16. The molecule has 1 unspecified atom stereocenters. The van der Waals surface area contributed by atoms with Crippen LogP contribution in [-0.2, 0) is 22.9 Å². The number of hydrogen-bond donors (Lipinski definition) is 0. The van der Waals surface area contributed by atoms with Crippen molar-refractivity contribution in [3.63, 3.8) is 0 Å². The molecule has 4 saturated carbocycles. The van der Waals surface area contributed by atoms with E-state index >= 15 is 0 Å². The number of halogens is 6. The van der Waals surface area contributed by atoms with Gasteiger partial charge in [-0.3, -0.25) is 4.68 Å². The molecule has 10 heteroatoms. The normalized spacial score (nSPS) is 32.7. The Bertz CT molecular complexity index is 749. The van der Waals surface area contributed by atoms with Crippen molar-refractivity contribution in [3.05, 3.63) is 17.0 Å². The lowest BCUT2D eigenvalue weighted by Gasteiger charge is -2.61. The second-order valence-electron chi connectivity index (χ2n) is 7.65. The van der Waals surface area contributed by atoms with Crippen molar-refractivity contribution in [3.8, 4) is 0 Å². The predicted molar refractivity (Wildman–Crippen MR) is 75.2 cm³/mol. The summed E-state index contributed by atoms with van der Waals surface area (Å²) in [4.78, 5) is 12.0. The van der Waals surface area contributed by atoms with Crippen LogP contribution in [0.15, 0.2) is 0 Å². The van der Waals surface area contributed by atoms with Gasteiger partial charge in [0.2, 0.25) is 0 Å². The lowest BCUT2D eigenvalue weighted by Crippen LogP contribution is -2.56. The minimum absolute atomic E-state index is 0.173. The predicted octanol–water partition coefficient (Wildman–Crippen LogP) is 3.94. The summed E-state index contributed by atoms with van der Waals surface area (Å²) in [5.41, 5.74) is -2.84. The lowest BCUT2D eigenvalue weighted by atomic mass is 9.43. The molecule has 2 atom stereocenters. The summed E-state index contributed by atoms with van der Waals surface area (Å²) < 4.78 is 84.6. The van der Waals surface area contributed by atoms with Crippen LogP contribution in [0.5, 0.6) is 0 Å². The Labute approximate surface area is 144 Å². The zero-order chi connectivity index (χ0) is 19.1. The number of ether oxygens (including phenoxy) is 1. The van der Waals surface area contributed by atoms with Gasteiger partial charge in [0.25, 0.3) is 0 Å². The molecule has 0 N–H and O–H groups in total. The molecule has 0 aliphatic heterocycles. The maximum Gasteiger partial charge on any atom is 0.420 e. The first-order valence-corrected chi connectivity index (χ1v) is 8.30. The van der Waals surface area contributed by atoms with Gasteiger partial charge in [-0.25, -0.2) is 4.79 Å². The Morgan fingerprint density at radius 2 is 1.85 bits per heavy atom. The van der Waals surface area contributed by atoms with E-state index in [0.717, 1.165) is 11.8 Å². The molecule has 144 valence electrons. The van der Waals surface area contributed by atoms with Crippen LogP contribution in [0, 0.1) is 17.8 Å². The first-order valence-electron chi connectivity index (χ1n) is 8.30. The summed E-state index contributed by atoms with van der Waals surface area (Å²) in [5.74, 6) is -3.29. The summed E-state index contributed by atoms with van der Waals surface area (Å²) in [6.07, 6.45) is -7.69. The van der Waals surface area contributed by atoms with Crippen LogP contribution in [0.25, 0.3) is 0 Å². The van der Waals surface area contributed by atoms with Crippen LogP contribution >= 0.6 is 0 Å². The third-order valence-electron chi connectivity index (χ3n) is 5.91. The first-order chi connectivity index (χ1) is 12.0. The molecular formula is C16H16F6N2O2. The molecule has 0 spiro atoms. The average Bonchev–Trinajstić information content (AvgIpc) is 3.07. The fourth-order valence-electron chi connectivity index (χ4n) is 4.38. The summed E-state index contributed by atoms with van der Waals surface area (Å²) in [6, 6.07) is 0.